The Labute approximate surface area is 161 Å². The average molecular weight is 374 g/mol. The third-order valence-corrected chi connectivity index (χ3v) is 5.20. The number of benzene rings is 1. The van der Waals surface area contributed by atoms with E-state index in [9.17, 15) is 9.59 Å². The predicted molar refractivity (Wildman–Crippen MR) is 107 cm³/mol. The maximum atomic E-state index is 11.9. The number of rotatable bonds is 9. The van der Waals surface area contributed by atoms with Gasteiger partial charge in [-0.15, -0.1) is 0 Å². The standard InChI is InChI=1S/C20H31N5O2/c1-3-20(10-5-11-20)14-25-19(22-4-2)24-12-15-6-8-16(9-7-15)18(27)23-13-17(21)26/h6-9H,3-5,10-14H2,1-2H3,(H2,21,26)(H,23,27)(H2,22,24,25). The zero-order valence-electron chi connectivity index (χ0n) is 16.3. The van der Waals surface area contributed by atoms with Crippen LogP contribution in [0, 0.1) is 5.41 Å². The van der Waals surface area contributed by atoms with Crippen molar-refractivity contribution in [3.05, 3.63) is 35.4 Å². The molecule has 1 saturated carbocycles. The van der Waals surface area contributed by atoms with E-state index in [4.69, 9.17) is 5.73 Å². The molecule has 148 valence electrons. The van der Waals surface area contributed by atoms with Crippen molar-refractivity contribution in [3.63, 3.8) is 0 Å². The van der Waals surface area contributed by atoms with E-state index in [-0.39, 0.29) is 12.5 Å². The molecule has 2 rings (SSSR count). The van der Waals surface area contributed by atoms with Crippen molar-refractivity contribution < 1.29 is 9.59 Å². The van der Waals surface area contributed by atoms with Crippen LogP contribution in [-0.2, 0) is 11.3 Å². The molecule has 1 aliphatic carbocycles. The Morgan fingerprint density at radius 3 is 2.33 bits per heavy atom. The first-order valence-corrected chi connectivity index (χ1v) is 9.65. The highest BCUT2D eigenvalue weighted by atomic mass is 16.2. The summed E-state index contributed by atoms with van der Waals surface area (Å²) in [6.45, 7) is 6.43. The molecule has 7 nitrogen and oxygen atoms in total. The van der Waals surface area contributed by atoms with Gasteiger partial charge < -0.3 is 21.7 Å². The number of nitrogens with one attached hydrogen (secondary N) is 3. The highest BCUT2D eigenvalue weighted by Crippen LogP contribution is 2.42. The molecule has 0 bridgehead atoms. The van der Waals surface area contributed by atoms with E-state index in [0.717, 1.165) is 24.6 Å². The minimum absolute atomic E-state index is 0.165. The minimum atomic E-state index is -0.565. The van der Waals surface area contributed by atoms with E-state index >= 15 is 0 Å². The zero-order valence-corrected chi connectivity index (χ0v) is 16.3. The number of nitrogens with two attached hydrogens (primary N) is 1. The number of hydrogen-bond acceptors (Lipinski definition) is 3. The van der Waals surface area contributed by atoms with Gasteiger partial charge in [0.25, 0.3) is 5.91 Å². The van der Waals surface area contributed by atoms with E-state index in [1.807, 2.05) is 12.1 Å². The van der Waals surface area contributed by atoms with Crippen LogP contribution in [0.4, 0.5) is 0 Å². The number of aliphatic imine (C=N–C) groups is 1. The number of nitrogens with zero attached hydrogens (tertiary/aromatic N) is 1. The van der Waals surface area contributed by atoms with Crippen LogP contribution in [0.15, 0.2) is 29.3 Å². The predicted octanol–water partition coefficient (Wildman–Crippen LogP) is 1.54. The second-order valence-corrected chi connectivity index (χ2v) is 7.10. The van der Waals surface area contributed by atoms with E-state index in [2.05, 4.69) is 34.8 Å². The van der Waals surface area contributed by atoms with Gasteiger partial charge in [0.2, 0.25) is 5.91 Å². The Bertz CT molecular complexity index is 660. The van der Waals surface area contributed by atoms with Gasteiger partial charge in [0.15, 0.2) is 5.96 Å². The molecule has 0 atom stereocenters. The van der Waals surface area contributed by atoms with E-state index in [0.29, 0.717) is 17.5 Å². The molecule has 27 heavy (non-hydrogen) atoms. The van der Waals surface area contributed by atoms with Crippen molar-refractivity contribution in [1.82, 2.24) is 16.0 Å². The van der Waals surface area contributed by atoms with Crippen molar-refractivity contribution in [3.8, 4) is 0 Å². The molecule has 1 aromatic rings. The molecular formula is C20H31N5O2. The normalized spacial score (nSPS) is 15.6. The van der Waals surface area contributed by atoms with Gasteiger partial charge in [-0.3, -0.25) is 9.59 Å². The van der Waals surface area contributed by atoms with Crippen LogP contribution in [0.25, 0.3) is 0 Å². The molecule has 7 heteroatoms. The van der Waals surface area contributed by atoms with Crippen molar-refractivity contribution in [2.75, 3.05) is 19.6 Å². The van der Waals surface area contributed by atoms with Crippen LogP contribution < -0.4 is 21.7 Å². The molecule has 2 amide bonds. The number of amides is 2. The van der Waals surface area contributed by atoms with Gasteiger partial charge in [0, 0.05) is 18.7 Å². The molecule has 0 radical (unpaired) electrons. The van der Waals surface area contributed by atoms with Crippen LogP contribution >= 0.6 is 0 Å². The monoisotopic (exact) mass is 373 g/mol. The fourth-order valence-corrected chi connectivity index (χ4v) is 3.15. The highest BCUT2D eigenvalue weighted by molar-refractivity contribution is 5.96. The largest absolute Gasteiger partial charge is 0.368 e. The molecule has 0 aromatic heterocycles. The SMILES string of the molecule is CCNC(=NCc1ccc(C(=O)NCC(N)=O)cc1)NCC1(CC)CCC1. The maximum Gasteiger partial charge on any atom is 0.251 e. The summed E-state index contributed by atoms with van der Waals surface area (Å²) >= 11 is 0. The quantitative estimate of drug-likeness (QED) is 0.389. The number of guanidine groups is 1. The molecule has 1 aliphatic rings. The summed E-state index contributed by atoms with van der Waals surface area (Å²) in [5.74, 6) is -0.0609. The molecule has 0 saturated heterocycles. The number of carbonyl (C=O) groups is 2. The first-order valence-electron chi connectivity index (χ1n) is 9.65. The van der Waals surface area contributed by atoms with Gasteiger partial charge in [-0.1, -0.05) is 25.5 Å². The van der Waals surface area contributed by atoms with Crippen molar-refractivity contribution in [2.45, 2.75) is 46.1 Å². The van der Waals surface area contributed by atoms with Crippen LogP contribution in [0.3, 0.4) is 0 Å². The maximum absolute atomic E-state index is 11.9. The molecular weight excluding hydrogens is 342 g/mol. The number of hydrogen-bond donors (Lipinski definition) is 4. The van der Waals surface area contributed by atoms with Gasteiger partial charge in [0.1, 0.15) is 0 Å². The summed E-state index contributed by atoms with van der Waals surface area (Å²) in [5, 5.41) is 9.23. The molecule has 5 N–H and O–H groups in total. The third kappa shape index (κ3) is 6.27. The topological polar surface area (TPSA) is 109 Å². The summed E-state index contributed by atoms with van der Waals surface area (Å²) < 4.78 is 0. The van der Waals surface area contributed by atoms with Gasteiger partial charge in [0.05, 0.1) is 13.1 Å². The summed E-state index contributed by atoms with van der Waals surface area (Å²) in [7, 11) is 0. The fraction of sp³-hybridized carbons (Fsp3) is 0.550. The first kappa shape index (κ1) is 20.7. The molecule has 1 aromatic carbocycles. The van der Waals surface area contributed by atoms with Gasteiger partial charge in [-0.05, 0) is 49.3 Å². The Hall–Kier alpha value is -2.57. The second kappa shape index (κ2) is 9.94. The zero-order chi connectivity index (χ0) is 19.7. The van der Waals surface area contributed by atoms with Crippen LogP contribution in [0.5, 0.6) is 0 Å². The van der Waals surface area contributed by atoms with Crippen molar-refractivity contribution in [2.24, 2.45) is 16.1 Å². The Balaban J connectivity index is 1.90. The second-order valence-electron chi connectivity index (χ2n) is 7.10. The molecule has 0 heterocycles. The van der Waals surface area contributed by atoms with Crippen LogP contribution in [0.1, 0.15) is 55.5 Å². The average Bonchev–Trinajstić information content (AvgIpc) is 2.64. The lowest BCUT2D eigenvalue weighted by Gasteiger charge is -2.41. The lowest BCUT2D eigenvalue weighted by atomic mass is 9.67. The summed E-state index contributed by atoms with van der Waals surface area (Å²) in [6, 6.07) is 7.18. The van der Waals surface area contributed by atoms with E-state index < -0.39 is 5.91 Å². The Morgan fingerprint density at radius 1 is 1.11 bits per heavy atom. The van der Waals surface area contributed by atoms with Gasteiger partial charge in [-0.25, -0.2) is 4.99 Å². The van der Waals surface area contributed by atoms with Crippen LogP contribution in [0.2, 0.25) is 0 Å². The molecule has 1 fully saturated rings. The summed E-state index contributed by atoms with van der Waals surface area (Å²) in [5.41, 5.74) is 6.95. The molecule has 0 aliphatic heterocycles. The van der Waals surface area contributed by atoms with Gasteiger partial charge >= 0.3 is 0 Å². The minimum Gasteiger partial charge on any atom is -0.368 e. The van der Waals surface area contributed by atoms with Crippen molar-refractivity contribution in [1.29, 1.82) is 0 Å². The number of carbonyl (C=O) groups excluding carboxylic acids is 2. The lowest BCUT2D eigenvalue weighted by Crippen LogP contribution is -2.46. The van der Waals surface area contributed by atoms with E-state index in [1.54, 1.807) is 12.1 Å². The lowest BCUT2D eigenvalue weighted by molar-refractivity contribution is -0.117. The first-order chi connectivity index (χ1) is 13.0. The van der Waals surface area contributed by atoms with Crippen molar-refractivity contribution >= 4 is 17.8 Å². The van der Waals surface area contributed by atoms with E-state index in [1.165, 1.54) is 25.7 Å². The summed E-state index contributed by atoms with van der Waals surface area (Å²) in [4.78, 5) is 27.3. The Kier molecular flexibility index (Phi) is 7.64. The highest BCUT2D eigenvalue weighted by Gasteiger charge is 2.34. The molecule has 0 spiro atoms. The smallest absolute Gasteiger partial charge is 0.251 e. The van der Waals surface area contributed by atoms with Gasteiger partial charge in [-0.2, -0.15) is 0 Å². The summed E-state index contributed by atoms with van der Waals surface area (Å²) in [6.07, 6.45) is 5.09. The third-order valence-electron chi connectivity index (χ3n) is 5.20. The fourth-order valence-electron chi connectivity index (χ4n) is 3.15. The van der Waals surface area contributed by atoms with Crippen LogP contribution in [-0.4, -0.2) is 37.4 Å². The molecule has 0 unspecified atom stereocenters. The Morgan fingerprint density at radius 2 is 1.81 bits per heavy atom. The number of primary amides is 1.